The Morgan fingerprint density at radius 1 is 0.970 bits per heavy atom. The predicted molar refractivity (Wildman–Crippen MR) is 135 cm³/mol. The minimum atomic E-state index is -1.30. The van der Waals surface area contributed by atoms with E-state index in [1.165, 1.54) is 15.9 Å². The molecule has 33 heavy (non-hydrogen) atoms. The second-order valence-corrected chi connectivity index (χ2v) is 13.0. The van der Waals surface area contributed by atoms with Crippen molar-refractivity contribution in [1.29, 1.82) is 0 Å². The molecule has 3 aromatic rings. The van der Waals surface area contributed by atoms with Gasteiger partial charge in [-0.15, -0.1) is 5.10 Å². The van der Waals surface area contributed by atoms with Gasteiger partial charge in [0.1, 0.15) is 5.82 Å². The molecule has 2 aromatic carbocycles. The topological polar surface area (TPSA) is 66.0 Å². The fourth-order valence-electron chi connectivity index (χ4n) is 5.41. The number of benzene rings is 2. The van der Waals surface area contributed by atoms with Crippen molar-refractivity contribution >= 4 is 25.4 Å². The Labute approximate surface area is 199 Å². The van der Waals surface area contributed by atoms with Gasteiger partial charge in [-0.25, -0.2) is 4.68 Å². The van der Waals surface area contributed by atoms with E-state index < -0.39 is 9.04 Å². The van der Waals surface area contributed by atoms with Crippen molar-refractivity contribution < 1.29 is 4.43 Å². The Morgan fingerprint density at radius 3 is 2.15 bits per heavy atom. The molecule has 0 bridgehead atoms. The minimum absolute atomic E-state index is 0.153. The minimum Gasteiger partial charge on any atom is -0.404 e. The zero-order valence-electron chi connectivity index (χ0n) is 20.3. The van der Waals surface area contributed by atoms with E-state index in [1.807, 2.05) is 4.68 Å². The Balaban J connectivity index is 1.32. The van der Waals surface area contributed by atoms with Crippen LogP contribution in [0, 0.1) is 11.8 Å². The van der Waals surface area contributed by atoms with Crippen LogP contribution in [-0.2, 0) is 9.84 Å². The second-order valence-electron chi connectivity index (χ2n) is 11.0. The quantitative estimate of drug-likeness (QED) is 0.565. The van der Waals surface area contributed by atoms with Crippen LogP contribution in [0.15, 0.2) is 54.6 Å². The van der Waals surface area contributed by atoms with Crippen LogP contribution >= 0.6 is 0 Å². The van der Waals surface area contributed by atoms with Crippen LogP contribution in [-0.4, -0.2) is 29.9 Å². The SMILES string of the molecule is CC(C)n1nc(N)nc1C1C2CC(O[Si](c3ccccc3)c3ccc(C(C)(C)C)cc3)CC21. The summed E-state index contributed by atoms with van der Waals surface area (Å²) < 4.78 is 8.93. The van der Waals surface area contributed by atoms with E-state index in [0.29, 0.717) is 29.8 Å². The fraction of sp³-hybridized carbons (Fsp3) is 0.481. The van der Waals surface area contributed by atoms with E-state index in [-0.39, 0.29) is 11.5 Å². The number of nitrogens with two attached hydrogens (primary N) is 1. The highest BCUT2D eigenvalue weighted by Crippen LogP contribution is 2.63. The maximum absolute atomic E-state index is 6.91. The van der Waals surface area contributed by atoms with Crippen LogP contribution in [0.1, 0.15) is 70.8 Å². The molecule has 1 aromatic heterocycles. The highest BCUT2D eigenvalue weighted by Gasteiger charge is 2.59. The van der Waals surface area contributed by atoms with Crippen LogP contribution < -0.4 is 16.1 Å². The molecule has 6 heteroatoms. The summed E-state index contributed by atoms with van der Waals surface area (Å²) in [6.45, 7) is 11.1. The lowest BCUT2D eigenvalue weighted by Gasteiger charge is -2.24. The van der Waals surface area contributed by atoms with Gasteiger partial charge in [0.15, 0.2) is 0 Å². The maximum atomic E-state index is 6.91. The van der Waals surface area contributed by atoms with Crippen LogP contribution in [0.3, 0.4) is 0 Å². The summed E-state index contributed by atoms with van der Waals surface area (Å²) >= 11 is 0. The lowest BCUT2D eigenvalue weighted by Crippen LogP contribution is -2.47. The van der Waals surface area contributed by atoms with Gasteiger partial charge in [-0.2, -0.15) is 4.98 Å². The van der Waals surface area contributed by atoms with Gasteiger partial charge >= 0.3 is 0 Å². The molecule has 0 saturated heterocycles. The third kappa shape index (κ3) is 4.38. The Kier molecular flexibility index (Phi) is 5.69. The van der Waals surface area contributed by atoms with E-state index in [9.17, 15) is 0 Å². The lowest BCUT2D eigenvalue weighted by molar-refractivity contribution is 0.198. The van der Waals surface area contributed by atoms with Crippen LogP contribution in [0.5, 0.6) is 0 Å². The van der Waals surface area contributed by atoms with E-state index in [4.69, 9.17) is 10.2 Å². The molecule has 2 unspecified atom stereocenters. The first-order valence-corrected chi connectivity index (χ1v) is 13.5. The average Bonchev–Trinajstić information content (AvgIpc) is 3.09. The van der Waals surface area contributed by atoms with Gasteiger partial charge in [0.2, 0.25) is 5.95 Å². The normalized spacial score (nSPS) is 24.5. The summed E-state index contributed by atoms with van der Waals surface area (Å²) in [4.78, 5) is 4.58. The molecule has 5 rings (SSSR count). The van der Waals surface area contributed by atoms with Gasteiger partial charge in [-0.3, -0.25) is 0 Å². The summed E-state index contributed by atoms with van der Waals surface area (Å²) in [6.07, 6.45) is 2.50. The number of hydrogen-bond donors (Lipinski definition) is 1. The number of rotatable bonds is 6. The van der Waals surface area contributed by atoms with Crippen LogP contribution in [0.4, 0.5) is 5.95 Å². The summed E-state index contributed by atoms with van der Waals surface area (Å²) in [5, 5.41) is 7.06. The first kappa shape index (κ1) is 22.4. The van der Waals surface area contributed by atoms with E-state index >= 15 is 0 Å². The predicted octanol–water partition coefficient (Wildman–Crippen LogP) is 4.05. The number of fused-ring (bicyclic) bond motifs is 1. The number of nitrogens with zero attached hydrogens (tertiary/aromatic N) is 3. The maximum Gasteiger partial charge on any atom is 0.283 e. The van der Waals surface area contributed by atoms with Crippen LogP contribution in [0.25, 0.3) is 0 Å². The number of hydrogen-bond acceptors (Lipinski definition) is 4. The molecule has 2 aliphatic carbocycles. The second kappa shape index (κ2) is 8.40. The molecular weight excluding hydrogens is 424 g/mol. The number of anilines is 1. The first-order valence-electron chi connectivity index (χ1n) is 12.1. The molecule has 1 heterocycles. The summed E-state index contributed by atoms with van der Waals surface area (Å²) in [5.41, 5.74) is 7.44. The van der Waals surface area contributed by atoms with Crippen molar-refractivity contribution in [2.45, 2.75) is 70.9 Å². The Hall–Kier alpha value is -2.44. The highest BCUT2D eigenvalue weighted by atomic mass is 28.3. The van der Waals surface area contributed by atoms with Gasteiger partial charge in [0.25, 0.3) is 9.04 Å². The molecule has 0 amide bonds. The van der Waals surface area contributed by atoms with E-state index in [2.05, 4.69) is 99.3 Å². The highest BCUT2D eigenvalue weighted by molar-refractivity contribution is 6.80. The molecule has 2 fully saturated rings. The van der Waals surface area contributed by atoms with Gasteiger partial charge < -0.3 is 10.2 Å². The van der Waals surface area contributed by atoms with Crippen molar-refractivity contribution in [3.05, 3.63) is 66.0 Å². The van der Waals surface area contributed by atoms with Gasteiger partial charge in [0, 0.05) is 18.1 Å². The molecule has 2 N–H and O–H groups in total. The average molecular weight is 460 g/mol. The van der Waals surface area contributed by atoms with Crippen LogP contribution in [0.2, 0.25) is 0 Å². The fourth-order valence-corrected chi connectivity index (χ4v) is 7.51. The van der Waals surface area contributed by atoms with Crippen molar-refractivity contribution in [1.82, 2.24) is 14.8 Å². The van der Waals surface area contributed by atoms with Gasteiger partial charge in [0.05, 0.1) is 0 Å². The lowest BCUT2D eigenvalue weighted by atomic mass is 9.87. The van der Waals surface area contributed by atoms with Crippen molar-refractivity contribution in [3.8, 4) is 0 Å². The Morgan fingerprint density at radius 2 is 1.58 bits per heavy atom. The zero-order valence-corrected chi connectivity index (χ0v) is 21.3. The molecule has 173 valence electrons. The molecule has 0 aliphatic heterocycles. The van der Waals surface area contributed by atoms with Crippen molar-refractivity contribution in [3.63, 3.8) is 0 Å². The Bertz CT molecular complexity index is 1090. The third-order valence-corrected chi connectivity index (χ3v) is 9.48. The van der Waals surface area contributed by atoms with Crippen molar-refractivity contribution in [2.24, 2.45) is 11.8 Å². The molecule has 1 radical (unpaired) electrons. The third-order valence-electron chi connectivity index (χ3n) is 7.20. The monoisotopic (exact) mass is 459 g/mol. The number of nitrogen functional groups attached to an aromatic ring is 1. The van der Waals surface area contributed by atoms with Gasteiger partial charge in [-0.1, -0.05) is 75.4 Å². The summed E-state index contributed by atoms with van der Waals surface area (Å²) in [7, 11) is -1.30. The molecule has 0 spiro atoms. The largest absolute Gasteiger partial charge is 0.404 e. The van der Waals surface area contributed by atoms with E-state index in [0.717, 1.165) is 18.7 Å². The zero-order chi connectivity index (χ0) is 23.3. The van der Waals surface area contributed by atoms with Gasteiger partial charge in [-0.05, 0) is 59.9 Å². The number of aromatic nitrogens is 3. The first-order chi connectivity index (χ1) is 15.7. The molecule has 2 saturated carbocycles. The summed E-state index contributed by atoms with van der Waals surface area (Å²) in [5.74, 6) is 3.22. The van der Waals surface area contributed by atoms with E-state index in [1.54, 1.807) is 0 Å². The molecule has 5 nitrogen and oxygen atoms in total. The molecular formula is C27H35N4OSi. The smallest absolute Gasteiger partial charge is 0.283 e. The molecule has 2 aliphatic rings. The van der Waals surface area contributed by atoms with Crippen molar-refractivity contribution in [2.75, 3.05) is 5.73 Å². The summed E-state index contributed by atoms with van der Waals surface area (Å²) in [6, 6.07) is 20.2. The standard InChI is InChI=1S/C27H35N4OSi/c1-17(2)31-25(29-26(28)30-31)24-22-15-19(16-23(22)24)32-33(20-9-7-6-8-10-20)21-13-11-18(12-14-21)27(3,4)5/h6-14,17,19,22-24H,15-16H2,1-5H3,(H2,28,30). The molecule has 2 atom stereocenters.